The highest BCUT2D eigenvalue weighted by Crippen LogP contribution is 2.39. The summed E-state index contributed by atoms with van der Waals surface area (Å²) in [6.45, 7) is 7.22. The summed E-state index contributed by atoms with van der Waals surface area (Å²) in [5.74, 6) is 1.76. The van der Waals surface area contributed by atoms with Gasteiger partial charge in [-0.25, -0.2) is 4.98 Å². The molecule has 0 radical (unpaired) electrons. The van der Waals surface area contributed by atoms with Gasteiger partial charge in [0.15, 0.2) is 10.9 Å². The molecule has 1 atom stereocenters. The van der Waals surface area contributed by atoms with Crippen LogP contribution in [-0.2, 0) is 13.0 Å². The number of aryl methyl sites for hydroxylation is 1. The number of aliphatic hydroxyl groups is 1. The number of pyridine rings is 1. The van der Waals surface area contributed by atoms with E-state index in [1.165, 1.54) is 24.0 Å². The molecule has 1 aromatic carbocycles. The first kappa shape index (κ1) is 19.2. The molecule has 0 bridgehead atoms. The van der Waals surface area contributed by atoms with Gasteiger partial charge in [0.1, 0.15) is 0 Å². The Morgan fingerprint density at radius 3 is 2.65 bits per heavy atom. The van der Waals surface area contributed by atoms with E-state index in [-0.39, 0.29) is 6.61 Å². The zero-order chi connectivity index (χ0) is 18.7. The average molecular weight is 374 g/mol. The predicted molar refractivity (Wildman–Crippen MR) is 107 cm³/mol. The van der Waals surface area contributed by atoms with Gasteiger partial charge in [-0.05, 0) is 60.3 Å². The SMILES string of the molecule is CCc1ccc(-c2cc(CO)nc(Cl)c2OCC2CC2)cc1C(C)CC. The molecule has 4 heteroatoms. The fourth-order valence-electron chi connectivity index (χ4n) is 3.23. The molecular formula is C22H28ClNO2. The molecule has 0 aliphatic heterocycles. The molecule has 0 amide bonds. The molecule has 1 heterocycles. The smallest absolute Gasteiger partial charge is 0.172 e. The van der Waals surface area contributed by atoms with Crippen LogP contribution >= 0.6 is 11.6 Å². The van der Waals surface area contributed by atoms with Crippen molar-refractivity contribution in [3.05, 3.63) is 46.2 Å². The predicted octanol–water partition coefficient (Wildman–Crippen LogP) is 5.76. The van der Waals surface area contributed by atoms with Crippen molar-refractivity contribution in [2.45, 2.75) is 59.0 Å². The number of rotatable bonds is 8. The van der Waals surface area contributed by atoms with E-state index >= 15 is 0 Å². The van der Waals surface area contributed by atoms with Crippen LogP contribution in [0.4, 0.5) is 0 Å². The highest BCUT2D eigenvalue weighted by molar-refractivity contribution is 6.31. The number of halogens is 1. The lowest BCUT2D eigenvalue weighted by Crippen LogP contribution is -2.04. The Bertz CT molecular complexity index is 771. The van der Waals surface area contributed by atoms with Crippen molar-refractivity contribution in [1.29, 1.82) is 0 Å². The van der Waals surface area contributed by atoms with Gasteiger partial charge in [0.25, 0.3) is 0 Å². The highest BCUT2D eigenvalue weighted by Gasteiger charge is 2.24. The van der Waals surface area contributed by atoms with E-state index in [1.807, 2.05) is 6.07 Å². The Balaban J connectivity index is 2.07. The van der Waals surface area contributed by atoms with Crippen LogP contribution in [0.5, 0.6) is 5.75 Å². The van der Waals surface area contributed by atoms with E-state index in [0.29, 0.717) is 35.0 Å². The second-order valence-corrected chi connectivity index (χ2v) is 7.63. The fourth-order valence-corrected chi connectivity index (χ4v) is 3.50. The zero-order valence-corrected chi connectivity index (χ0v) is 16.6. The quantitative estimate of drug-likeness (QED) is 0.598. The lowest BCUT2D eigenvalue weighted by atomic mass is 9.89. The zero-order valence-electron chi connectivity index (χ0n) is 15.9. The van der Waals surface area contributed by atoms with E-state index in [0.717, 1.165) is 24.0 Å². The molecule has 26 heavy (non-hydrogen) atoms. The summed E-state index contributed by atoms with van der Waals surface area (Å²) >= 11 is 6.41. The molecular weight excluding hydrogens is 346 g/mol. The van der Waals surface area contributed by atoms with Gasteiger partial charge in [-0.1, -0.05) is 50.6 Å². The maximum atomic E-state index is 9.55. The topological polar surface area (TPSA) is 42.4 Å². The van der Waals surface area contributed by atoms with Crippen molar-refractivity contribution < 1.29 is 9.84 Å². The molecule has 3 rings (SSSR count). The van der Waals surface area contributed by atoms with Crippen LogP contribution < -0.4 is 4.74 Å². The van der Waals surface area contributed by atoms with E-state index < -0.39 is 0 Å². The third kappa shape index (κ3) is 4.21. The first-order chi connectivity index (χ1) is 12.6. The van der Waals surface area contributed by atoms with Crippen LogP contribution in [0.2, 0.25) is 5.15 Å². The number of nitrogens with zero attached hydrogens (tertiary/aromatic N) is 1. The first-order valence-electron chi connectivity index (χ1n) is 9.63. The second-order valence-electron chi connectivity index (χ2n) is 7.27. The molecule has 0 saturated heterocycles. The van der Waals surface area contributed by atoms with Crippen LogP contribution in [0.25, 0.3) is 11.1 Å². The number of hydrogen-bond donors (Lipinski definition) is 1. The van der Waals surface area contributed by atoms with Gasteiger partial charge in [0.05, 0.1) is 18.9 Å². The van der Waals surface area contributed by atoms with Crippen LogP contribution in [0.1, 0.15) is 62.8 Å². The van der Waals surface area contributed by atoms with E-state index in [9.17, 15) is 5.11 Å². The normalized spacial score (nSPS) is 15.1. The molecule has 140 valence electrons. The van der Waals surface area contributed by atoms with Gasteiger partial charge in [0, 0.05) is 5.56 Å². The molecule has 1 N–H and O–H groups in total. The third-order valence-electron chi connectivity index (χ3n) is 5.29. The van der Waals surface area contributed by atoms with E-state index in [1.54, 1.807) is 0 Å². The van der Waals surface area contributed by atoms with Gasteiger partial charge in [-0.3, -0.25) is 0 Å². The van der Waals surface area contributed by atoms with Crippen LogP contribution in [0.3, 0.4) is 0 Å². The molecule has 3 nitrogen and oxygen atoms in total. The van der Waals surface area contributed by atoms with Gasteiger partial charge in [-0.15, -0.1) is 0 Å². The van der Waals surface area contributed by atoms with Crippen molar-refractivity contribution in [2.75, 3.05) is 6.61 Å². The standard InChI is InChI=1S/C22H28ClNO2/c1-4-14(3)19-10-17(9-8-16(19)5-2)20-11-18(12-25)24-22(23)21(20)26-13-15-6-7-15/h8-11,14-15,25H,4-7,12-13H2,1-3H3. The van der Waals surface area contributed by atoms with Crippen LogP contribution in [0.15, 0.2) is 24.3 Å². The van der Waals surface area contributed by atoms with Gasteiger partial charge in [-0.2, -0.15) is 0 Å². The van der Waals surface area contributed by atoms with E-state index in [4.69, 9.17) is 16.3 Å². The first-order valence-corrected chi connectivity index (χ1v) is 10.0. The van der Waals surface area contributed by atoms with Gasteiger partial charge in [0.2, 0.25) is 0 Å². The molecule has 0 spiro atoms. The lowest BCUT2D eigenvalue weighted by molar-refractivity contribution is 0.275. The summed E-state index contributed by atoms with van der Waals surface area (Å²) in [4.78, 5) is 4.27. The van der Waals surface area contributed by atoms with Gasteiger partial charge < -0.3 is 9.84 Å². The summed E-state index contributed by atoms with van der Waals surface area (Å²) in [6, 6.07) is 8.48. The highest BCUT2D eigenvalue weighted by atomic mass is 35.5. The molecule has 1 aliphatic rings. The maximum absolute atomic E-state index is 9.55. The number of aromatic nitrogens is 1. The Morgan fingerprint density at radius 1 is 1.27 bits per heavy atom. The Labute approximate surface area is 161 Å². The monoisotopic (exact) mass is 373 g/mol. The minimum atomic E-state index is -0.138. The summed E-state index contributed by atoms with van der Waals surface area (Å²) in [6.07, 6.45) is 4.56. The summed E-state index contributed by atoms with van der Waals surface area (Å²) in [5.41, 5.74) is 5.31. The van der Waals surface area contributed by atoms with E-state index in [2.05, 4.69) is 44.0 Å². The van der Waals surface area contributed by atoms with Crippen molar-refractivity contribution in [3.63, 3.8) is 0 Å². The van der Waals surface area contributed by atoms with Crippen molar-refractivity contribution in [3.8, 4) is 16.9 Å². The second kappa shape index (κ2) is 8.41. The van der Waals surface area contributed by atoms with Gasteiger partial charge >= 0.3 is 0 Å². The van der Waals surface area contributed by atoms with Crippen molar-refractivity contribution in [1.82, 2.24) is 4.98 Å². The molecule has 2 aromatic rings. The molecule has 1 aromatic heterocycles. The third-order valence-corrected chi connectivity index (χ3v) is 5.54. The molecule has 1 saturated carbocycles. The Hall–Kier alpha value is -1.58. The number of ether oxygens (including phenoxy) is 1. The van der Waals surface area contributed by atoms with Crippen LogP contribution in [-0.4, -0.2) is 16.7 Å². The van der Waals surface area contributed by atoms with Crippen LogP contribution in [0, 0.1) is 5.92 Å². The summed E-state index contributed by atoms with van der Waals surface area (Å²) in [5, 5.41) is 9.88. The van der Waals surface area contributed by atoms with Crippen molar-refractivity contribution in [2.24, 2.45) is 5.92 Å². The molecule has 1 fully saturated rings. The summed E-state index contributed by atoms with van der Waals surface area (Å²) in [7, 11) is 0. The largest absolute Gasteiger partial charge is 0.489 e. The number of hydrogen-bond acceptors (Lipinski definition) is 3. The maximum Gasteiger partial charge on any atom is 0.172 e. The van der Waals surface area contributed by atoms with Crippen molar-refractivity contribution >= 4 is 11.6 Å². The Kier molecular flexibility index (Phi) is 6.20. The molecule has 1 unspecified atom stereocenters. The lowest BCUT2D eigenvalue weighted by Gasteiger charge is -2.18. The molecule has 1 aliphatic carbocycles. The number of aliphatic hydroxyl groups excluding tert-OH is 1. The average Bonchev–Trinajstić information content (AvgIpc) is 3.49. The minimum absolute atomic E-state index is 0.138. The fraction of sp³-hybridized carbons (Fsp3) is 0.500. The number of benzene rings is 1. The Morgan fingerprint density at radius 2 is 2.04 bits per heavy atom. The minimum Gasteiger partial charge on any atom is -0.489 e. The summed E-state index contributed by atoms with van der Waals surface area (Å²) < 4.78 is 6.05.